The van der Waals surface area contributed by atoms with Crippen LogP contribution in [0.3, 0.4) is 0 Å². The number of piperidine rings is 1. The zero-order valence-corrected chi connectivity index (χ0v) is 14.8. The summed E-state index contributed by atoms with van der Waals surface area (Å²) in [6.07, 6.45) is 1.61. The topological polar surface area (TPSA) is 134 Å². The van der Waals surface area contributed by atoms with E-state index in [1.54, 1.807) is 12.1 Å². The van der Waals surface area contributed by atoms with Crippen LogP contribution in [-0.2, 0) is 14.8 Å². The molecule has 0 atom stereocenters. The number of aromatic nitrogens is 2. The van der Waals surface area contributed by atoms with Crippen molar-refractivity contribution in [2.75, 3.05) is 19.6 Å². The Hall–Kier alpha value is -2.30. The third kappa shape index (κ3) is 4.45. The Morgan fingerprint density at radius 2 is 1.96 bits per heavy atom. The van der Waals surface area contributed by atoms with Crippen LogP contribution < -0.4 is 10.0 Å². The summed E-state index contributed by atoms with van der Waals surface area (Å²) in [4.78, 5) is 15.0. The number of rotatable bonds is 7. The molecule has 0 amide bonds. The van der Waals surface area contributed by atoms with Gasteiger partial charge in [0, 0.05) is 18.0 Å². The van der Waals surface area contributed by atoms with E-state index >= 15 is 0 Å². The van der Waals surface area contributed by atoms with E-state index in [0.29, 0.717) is 17.3 Å². The van der Waals surface area contributed by atoms with Crippen LogP contribution in [0.2, 0.25) is 0 Å². The van der Waals surface area contributed by atoms with Gasteiger partial charge in [-0.15, -0.1) is 0 Å². The first-order valence-electron chi connectivity index (χ1n) is 8.32. The lowest BCUT2D eigenvalue weighted by Gasteiger charge is -2.18. The smallest absolute Gasteiger partial charge is 0.304 e. The van der Waals surface area contributed by atoms with Crippen LogP contribution in [-0.4, -0.2) is 49.3 Å². The van der Waals surface area contributed by atoms with E-state index in [2.05, 4.69) is 20.2 Å². The van der Waals surface area contributed by atoms with E-state index in [4.69, 9.17) is 9.63 Å². The van der Waals surface area contributed by atoms with E-state index in [0.717, 1.165) is 25.9 Å². The molecule has 1 aromatic heterocycles. The summed E-state index contributed by atoms with van der Waals surface area (Å²) in [6.45, 7) is 1.68. The molecule has 1 aliphatic heterocycles. The number of carbonyl (C=O) groups is 1. The van der Waals surface area contributed by atoms with Gasteiger partial charge in [0.2, 0.25) is 21.7 Å². The summed E-state index contributed by atoms with van der Waals surface area (Å²) in [5.74, 6) is 0.204. The van der Waals surface area contributed by atoms with Crippen molar-refractivity contribution >= 4 is 16.0 Å². The first kappa shape index (κ1) is 18.5. The second kappa shape index (κ2) is 7.94. The maximum absolute atomic E-state index is 12.1. The fraction of sp³-hybridized carbons (Fsp3) is 0.438. The number of hydrogen-bond acceptors (Lipinski definition) is 7. The molecule has 1 fully saturated rings. The molecule has 3 rings (SSSR count). The van der Waals surface area contributed by atoms with Crippen molar-refractivity contribution in [3.63, 3.8) is 0 Å². The average molecular weight is 380 g/mol. The number of aliphatic carboxylic acids is 1. The highest BCUT2D eigenvalue weighted by Crippen LogP contribution is 2.26. The molecule has 1 aromatic carbocycles. The Morgan fingerprint density at radius 3 is 2.62 bits per heavy atom. The fourth-order valence-electron chi connectivity index (χ4n) is 2.75. The van der Waals surface area contributed by atoms with E-state index in [1.165, 1.54) is 12.1 Å². The van der Waals surface area contributed by atoms with Crippen molar-refractivity contribution in [1.82, 2.24) is 20.2 Å². The van der Waals surface area contributed by atoms with Crippen molar-refractivity contribution < 1.29 is 22.8 Å². The van der Waals surface area contributed by atoms with Crippen LogP contribution in [0.25, 0.3) is 11.4 Å². The predicted octanol–water partition coefficient (Wildman–Crippen LogP) is 0.957. The molecular weight excluding hydrogens is 360 g/mol. The lowest BCUT2D eigenvalue weighted by molar-refractivity contribution is -0.136. The van der Waals surface area contributed by atoms with Gasteiger partial charge in [-0.2, -0.15) is 4.98 Å². The van der Waals surface area contributed by atoms with Gasteiger partial charge in [0.15, 0.2) is 0 Å². The molecule has 2 aromatic rings. The molecule has 9 nitrogen and oxygen atoms in total. The normalized spacial score (nSPS) is 15.8. The molecule has 2 heterocycles. The van der Waals surface area contributed by atoms with E-state index in [1.807, 2.05) is 0 Å². The summed E-state index contributed by atoms with van der Waals surface area (Å²) in [5.41, 5.74) is 0.651. The molecule has 10 heteroatoms. The highest BCUT2D eigenvalue weighted by molar-refractivity contribution is 7.89. The minimum atomic E-state index is -3.75. The van der Waals surface area contributed by atoms with Gasteiger partial charge in [-0.05, 0) is 50.2 Å². The molecule has 3 N–H and O–H groups in total. The maximum Gasteiger partial charge on any atom is 0.304 e. The molecule has 0 bridgehead atoms. The molecule has 26 heavy (non-hydrogen) atoms. The van der Waals surface area contributed by atoms with Crippen molar-refractivity contribution in [1.29, 1.82) is 0 Å². The van der Waals surface area contributed by atoms with Gasteiger partial charge in [-0.3, -0.25) is 4.79 Å². The molecule has 0 spiro atoms. The molecule has 0 unspecified atom stereocenters. The Kier molecular flexibility index (Phi) is 5.64. The van der Waals surface area contributed by atoms with Crippen molar-refractivity contribution in [3.8, 4) is 11.4 Å². The van der Waals surface area contributed by atoms with Gasteiger partial charge in [0.25, 0.3) is 0 Å². The summed E-state index contributed by atoms with van der Waals surface area (Å²) in [6, 6.07) is 6.06. The highest BCUT2D eigenvalue weighted by atomic mass is 32.2. The van der Waals surface area contributed by atoms with Crippen LogP contribution in [0.15, 0.2) is 33.7 Å². The number of carboxylic acid groups (broad SMARTS) is 1. The molecule has 140 valence electrons. The molecule has 0 saturated carbocycles. The number of nitrogens with zero attached hydrogens (tertiary/aromatic N) is 2. The van der Waals surface area contributed by atoms with Gasteiger partial charge in [0.05, 0.1) is 11.3 Å². The predicted molar refractivity (Wildman–Crippen MR) is 92.0 cm³/mol. The van der Waals surface area contributed by atoms with E-state index < -0.39 is 16.0 Å². The number of benzene rings is 1. The van der Waals surface area contributed by atoms with Gasteiger partial charge >= 0.3 is 5.97 Å². The van der Waals surface area contributed by atoms with E-state index in [-0.39, 0.29) is 23.8 Å². The second-order valence-electron chi connectivity index (χ2n) is 6.05. The van der Waals surface area contributed by atoms with Gasteiger partial charge in [-0.25, -0.2) is 13.1 Å². The lowest BCUT2D eigenvalue weighted by Crippen LogP contribution is -2.26. The van der Waals surface area contributed by atoms with Crippen molar-refractivity contribution in [2.45, 2.75) is 30.1 Å². The monoisotopic (exact) mass is 380 g/mol. The average Bonchev–Trinajstić information content (AvgIpc) is 3.12. The Labute approximate surface area is 150 Å². The Balaban J connectivity index is 1.69. The van der Waals surface area contributed by atoms with Crippen molar-refractivity contribution in [3.05, 3.63) is 30.2 Å². The molecule has 1 saturated heterocycles. The summed E-state index contributed by atoms with van der Waals surface area (Å²) < 4.78 is 31.8. The molecule has 0 radical (unpaired) electrons. The molecule has 0 aliphatic carbocycles. The molecule has 1 aliphatic rings. The minimum Gasteiger partial charge on any atom is -0.481 e. The van der Waals surface area contributed by atoms with Crippen LogP contribution in [0.1, 0.15) is 31.1 Å². The largest absolute Gasteiger partial charge is 0.481 e. The van der Waals surface area contributed by atoms with Crippen molar-refractivity contribution in [2.24, 2.45) is 0 Å². The number of sulfonamides is 1. The van der Waals surface area contributed by atoms with Gasteiger partial charge in [0.1, 0.15) is 0 Å². The summed E-state index contributed by atoms with van der Waals surface area (Å²) in [7, 11) is -3.75. The Morgan fingerprint density at radius 1 is 1.27 bits per heavy atom. The number of carboxylic acids is 1. The lowest BCUT2D eigenvalue weighted by atomic mass is 9.98. The van der Waals surface area contributed by atoms with Crippen LogP contribution >= 0.6 is 0 Å². The third-order valence-electron chi connectivity index (χ3n) is 4.18. The second-order valence-corrected chi connectivity index (χ2v) is 7.81. The maximum atomic E-state index is 12.1. The SMILES string of the molecule is O=C(O)CCNS(=O)(=O)c1ccc(-c2noc(C3CCNCC3)n2)cc1. The fourth-order valence-corrected chi connectivity index (χ4v) is 3.78. The zero-order valence-electron chi connectivity index (χ0n) is 14.0. The van der Waals surface area contributed by atoms with Gasteiger partial charge in [-0.1, -0.05) is 5.16 Å². The minimum absolute atomic E-state index is 0.0497. The van der Waals surface area contributed by atoms with E-state index in [9.17, 15) is 13.2 Å². The number of hydrogen-bond donors (Lipinski definition) is 3. The van der Waals surface area contributed by atoms with Crippen LogP contribution in [0.5, 0.6) is 0 Å². The Bertz CT molecular complexity index is 857. The van der Waals surface area contributed by atoms with Crippen LogP contribution in [0, 0.1) is 0 Å². The summed E-state index contributed by atoms with van der Waals surface area (Å²) in [5, 5.41) is 15.8. The van der Waals surface area contributed by atoms with Gasteiger partial charge < -0.3 is 14.9 Å². The first-order chi connectivity index (χ1) is 12.5. The van der Waals surface area contributed by atoms with Crippen LogP contribution in [0.4, 0.5) is 0 Å². The summed E-state index contributed by atoms with van der Waals surface area (Å²) >= 11 is 0. The standard InChI is InChI=1S/C16H20N4O5S/c21-14(22)7-10-18-26(23,24)13-3-1-11(2-4-13)15-19-16(25-20-15)12-5-8-17-9-6-12/h1-4,12,17-18H,5-10H2,(H,21,22). The third-order valence-corrected chi connectivity index (χ3v) is 5.66. The first-order valence-corrected chi connectivity index (χ1v) is 9.80. The zero-order chi connectivity index (χ0) is 18.6. The number of nitrogens with one attached hydrogen (secondary N) is 2. The quantitative estimate of drug-likeness (QED) is 0.646. The molecular formula is C16H20N4O5S. The highest BCUT2D eigenvalue weighted by Gasteiger charge is 2.22.